The van der Waals surface area contributed by atoms with Crippen molar-refractivity contribution in [2.75, 3.05) is 13.4 Å². The molecule has 0 aliphatic heterocycles. The van der Waals surface area contributed by atoms with E-state index in [2.05, 4.69) is 20.9 Å². The zero-order chi connectivity index (χ0) is 16.4. The quantitative estimate of drug-likeness (QED) is 0.819. The number of methoxy groups -OCH3 is 1. The molecular weight excluding hydrogens is 370 g/mol. The number of aromatic carboxylic acids is 1. The summed E-state index contributed by atoms with van der Waals surface area (Å²) in [7, 11) is 1.49. The van der Waals surface area contributed by atoms with E-state index in [0.717, 1.165) is 0 Å². The number of ether oxygens (including phenoxy) is 1. The van der Waals surface area contributed by atoms with E-state index in [4.69, 9.17) is 4.74 Å². The van der Waals surface area contributed by atoms with Crippen molar-refractivity contribution in [3.8, 4) is 16.9 Å². The molecule has 0 amide bonds. The fourth-order valence-electron chi connectivity index (χ4n) is 2.09. The molecule has 0 aliphatic rings. The van der Waals surface area contributed by atoms with Crippen LogP contribution >= 0.6 is 15.9 Å². The number of pyridine rings is 1. The number of nitrogens with zero attached hydrogens (tertiary/aromatic N) is 1. The van der Waals surface area contributed by atoms with E-state index in [9.17, 15) is 14.5 Å². The Hall–Kier alpha value is -1.57. The fraction of sp³-hybridized carbons (Fsp3) is 0.200. The van der Waals surface area contributed by atoms with Crippen LogP contribution < -0.4 is 4.74 Å². The van der Waals surface area contributed by atoms with Crippen molar-refractivity contribution >= 4 is 33.1 Å². The largest absolute Gasteiger partial charge is 0.612 e. The monoisotopic (exact) mass is 383 g/mol. The van der Waals surface area contributed by atoms with Crippen molar-refractivity contribution in [1.82, 2.24) is 4.98 Å². The van der Waals surface area contributed by atoms with Crippen LogP contribution in [0.4, 0.5) is 0 Å². The first-order valence-electron chi connectivity index (χ1n) is 6.26. The Bertz CT molecular complexity index is 734. The molecule has 2 rings (SSSR count). The second kappa shape index (κ2) is 6.68. The van der Waals surface area contributed by atoms with Crippen LogP contribution in [0.1, 0.15) is 16.1 Å². The molecule has 116 valence electrons. The van der Waals surface area contributed by atoms with Gasteiger partial charge in [-0.2, -0.15) is 0 Å². The number of halogens is 1. The van der Waals surface area contributed by atoms with Crippen LogP contribution in [-0.2, 0) is 11.2 Å². The molecule has 1 aromatic carbocycles. The average Bonchev–Trinajstić information content (AvgIpc) is 2.46. The number of aryl methyl sites for hydroxylation is 1. The van der Waals surface area contributed by atoms with Gasteiger partial charge < -0.3 is 14.4 Å². The summed E-state index contributed by atoms with van der Waals surface area (Å²) in [4.78, 5) is 16.0. The van der Waals surface area contributed by atoms with Gasteiger partial charge in [-0.15, -0.1) is 0 Å². The third kappa shape index (κ3) is 3.26. The zero-order valence-electron chi connectivity index (χ0n) is 12.2. The Balaban J connectivity index is 2.75. The summed E-state index contributed by atoms with van der Waals surface area (Å²) >= 11 is 2.19. The van der Waals surface area contributed by atoms with Crippen LogP contribution in [0.5, 0.6) is 5.75 Å². The Kier molecular flexibility index (Phi) is 5.10. The predicted octanol–water partition coefficient (Wildman–Crippen LogP) is 3.26. The van der Waals surface area contributed by atoms with E-state index in [1.165, 1.54) is 13.3 Å². The highest BCUT2D eigenvalue weighted by molar-refractivity contribution is 9.10. The highest BCUT2D eigenvalue weighted by atomic mass is 79.9. The third-order valence-corrected chi connectivity index (χ3v) is 5.00. The number of carbonyl (C=O) groups is 1. The minimum Gasteiger partial charge on any atom is -0.612 e. The van der Waals surface area contributed by atoms with Gasteiger partial charge >= 0.3 is 5.97 Å². The number of hydrogen-bond donors (Lipinski definition) is 1. The van der Waals surface area contributed by atoms with Crippen molar-refractivity contribution in [2.45, 2.75) is 11.8 Å². The summed E-state index contributed by atoms with van der Waals surface area (Å²) in [6.45, 7) is 1.78. The summed E-state index contributed by atoms with van der Waals surface area (Å²) < 4.78 is 17.7. The van der Waals surface area contributed by atoms with Gasteiger partial charge in [0, 0.05) is 29.1 Å². The highest BCUT2D eigenvalue weighted by Crippen LogP contribution is 2.38. The molecule has 22 heavy (non-hydrogen) atoms. The van der Waals surface area contributed by atoms with Gasteiger partial charge in [-0.1, -0.05) is 0 Å². The van der Waals surface area contributed by atoms with Crippen LogP contribution in [0.25, 0.3) is 11.1 Å². The SMILES string of the molecule is COc1cc([S+](C)[O-])c(Br)cc1-c1cc(C)ncc1C(=O)O. The Morgan fingerprint density at radius 2 is 2.05 bits per heavy atom. The fourth-order valence-corrected chi connectivity index (χ4v) is 3.72. The Morgan fingerprint density at radius 1 is 1.36 bits per heavy atom. The van der Waals surface area contributed by atoms with Crippen molar-refractivity contribution in [2.24, 2.45) is 0 Å². The topological polar surface area (TPSA) is 82.5 Å². The molecule has 7 heteroatoms. The van der Waals surface area contributed by atoms with Gasteiger partial charge in [0.1, 0.15) is 12.0 Å². The van der Waals surface area contributed by atoms with Crippen LogP contribution in [0.3, 0.4) is 0 Å². The van der Waals surface area contributed by atoms with E-state index in [-0.39, 0.29) is 5.56 Å². The standard InChI is InChI=1S/C15H14BrNO4S/c1-8-4-9(11(7-17-8)15(18)19)10-5-12(16)14(22(3)20)6-13(10)21-2/h4-7H,1-3H3,(H,18,19). The second-order valence-corrected chi connectivity index (χ2v) is 6.82. The van der Waals surface area contributed by atoms with E-state index >= 15 is 0 Å². The highest BCUT2D eigenvalue weighted by Gasteiger charge is 2.20. The molecule has 0 aliphatic carbocycles. The maximum Gasteiger partial charge on any atom is 0.337 e. The molecule has 0 fully saturated rings. The number of aromatic nitrogens is 1. The molecular formula is C15H14BrNO4S. The van der Waals surface area contributed by atoms with Crippen molar-refractivity contribution < 1.29 is 19.2 Å². The van der Waals surface area contributed by atoms with E-state index in [1.54, 1.807) is 31.4 Å². The number of hydrogen-bond acceptors (Lipinski definition) is 4. The smallest absolute Gasteiger partial charge is 0.337 e. The zero-order valence-corrected chi connectivity index (χ0v) is 14.6. The second-order valence-electron chi connectivity index (χ2n) is 4.61. The molecule has 1 atom stereocenters. The summed E-state index contributed by atoms with van der Waals surface area (Å²) in [5.74, 6) is -0.606. The molecule has 1 heterocycles. The molecule has 1 aromatic heterocycles. The van der Waals surface area contributed by atoms with Crippen molar-refractivity contribution in [3.05, 3.63) is 40.1 Å². The average molecular weight is 384 g/mol. The Labute approximate surface area is 139 Å². The Morgan fingerprint density at radius 3 is 2.59 bits per heavy atom. The van der Waals surface area contributed by atoms with Gasteiger partial charge in [0.25, 0.3) is 0 Å². The molecule has 0 spiro atoms. The molecule has 0 bridgehead atoms. The first kappa shape index (κ1) is 16.8. The van der Waals surface area contributed by atoms with Crippen molar-refractivity contribution in [3.63, 3.8) is 0 Å². The van der Waals surface area contributed by atoms with Crippen LogP contribution in [0.2, 0.25) is 0 Å². The normalized spacial score (nSPS) is 12.0. The lowest BCUT2D eigenvalue weighted by atomic mass is 10.00. The summed E-state index contributed by atoms with van der Waals surface area (Å²) in [5.41, 5.74) is 1.89. The lowest BCUT2D eigenvalue weighted by Crippen LogP contribution is -2.04. The number of benzene rings is 1. The van der Waals surface area contributed by atoms with Crippen LogP contribution in [0.15, 0.2) is 33.8 Å². The predicted molar refractivity (Wildman–Crippen MR) is 88.0 cm³/mol. The first-order chi connectivity index (χ1) is 10.3. The summed E-state index contributed by atoms with van der Waals surface area (Å²) in [6.07, 6.45) is 2.89. The van der Waals surface area contributed by atoms with Gasteiger partial charge in [-0.3, -0.25) is 4.98 Å². The van der Waals surface area contributed by atoms with Gasteiger partial charge in [-0.05, 0) is 46.2 Å². The summed E-state index contributed by atoms with van der Waals surface area (Å²) in [5, 5.41) is 9.35. The van der Waals surface area contributed by atoms with Gasteiger partial charge in [-0.25, -0.2) is 4.79 Å². The third-order valence-electron chi connectivity index (χ3n) is 3.12. The minimum absolute atomic E-state index is 0.0844. The van der Waals surface area contributed by atoms with Gasteiger partial charge in [0.2, 0.25) is 0 Å². The first-order valence-corrected chi connectivity index (χ1v) is 8.61. The van der Waals surface area contributed by atoms with E-state index < -0.39 is 17.1 Å². The molecule has 1 unspecified atom stereocenters. The lowest BCUT2D eigenvalue weighted by molar-refractivity contribution is 0.0697. The molecule has 0 saturated heterocycles. The van der Waals surface area contributed by atoms with Crippen LogP contribution in [-0.4, -0.2) is 34.0 Å². The number of rotatable bonds is 4. The maximum absolute atomic E-state index is 11.7. The van der Waals surface area contributed by atoms with E-state index in [1.807, 2.05) is 0 Å². The molecule has 0 radical (unpaired) electrons. The number of carboxylic acids is 1. The van der Waals surface area contributed by atoms with E-state index in [0.29, 0.717) is 31.9 Å². The summed E-state index contributed by atoms with van der Waals surface area (Å²) in [6, 6.07) is 5.06. The molecule has 0 saturated carbocycles. The van der Waals surface area contributed by atoms with Gasteiger partial charge in [0.05, 0.1) is 17.1 Å². The lowest BCUT2D eigenvalue weighted by Gasteiger charge is -2.15. The maximum atomic E-state index is 11.7. The van der Waals surface area contributed by atoms with Crippen LogP contribution in [0, 0.1) is 6.92 Å². The number of carboxylic acid groups (broad SMARTS) is 1. The minimum atomic E-state index is -1.19. The van der Waals surface area contributed by atoms with Gasteiger partial charge in [0.15, 0.2) is 4.90 Å². The van der Waals surface area contributed by atoms with Crippen molar-refractivity contribution in [1.29, 1.82) is 0 Å². The molecule has 5 nitrogen and oxygen atoms in total. The molecule has 2 aromatic rings. The molecule has 1 N–H and O–H groups in total.